The van der Waals surface area contributed by atoms with Crippen LogP contribution in [0.4, 0.5) is 10.5 Å². The lowest BCUT2D eigenvalue weighted by Gasteiger charge is -2.21. The Morgan fingerprint density at radius 3 is 2.50 bits per heavy atom. The minimum atomic E-state index is -0.799. The van der Waals surface area contributed by atoms with Crippen LogP contribution in [0.2, 0.25) is 10.0 Å². The highest BCUT2D eigenvalue weighted by atomic mass is 35.5. The quantitative estimate of drug-likeness (QED) is 0.728. The number of carbonyl (C=O) groups is 2. The summed E-state index contributed by atoms with van der Waals surface area (Å²) in [6.45, 7) is 0. The Morgan fingerprint density at radius 2 is 1.95 bits per heavy atom. The number of amides is 3. The average Bonchev–Trinajstić information content (AvgIpc) is 2.82. The molecule has 0 fully saturated rings. The monoisotopic (exact) mass is 344 g/mol. The minimum Gasteiger partial charge on any atom is -0.368 e. The molecule has 3 amide bonds. The average molecular weight is 345 g/mol. The first-order valence-corrected chi connectivity index (χ1v) is 7.00. The lowest BCUT2D eigenvalue weighted by Crippen LogP contribution is -2.44. The highest BCUT2D eigenvalue weighted by Gasteiger charge is 2.33. The third kappa shape index (κ3) is 3.82. The van der Waals surface area contributed by atoms with Crippen LogP contribution in [0.25, 0.3) is 0 Å². The molecule has 0 bridgehead atoms. The third-order valence-electron chi connectivity index (χ3n) is 2.95. The van der Waals surface area contributed by atoms with Crippen LogP contribution in [0, 0.1) is 0 Å². The number of carbonyl (C=O) groups excluding carboxylic acids is 2. The highest BCUT2D eigenvalue weighted by molar-refractivity contribution is 6.35. The summed E-state index contributed by atoms with van der Waals surface area (Å²) >= 11 is 11.7. The normalized spacial score (nSPS) is 17.1. The molecule has 0 radical (unpaired) electrons. The van der Waals surface area contributed by atoms with Gasteiger partial charge in [-0.15, -0.1) is 0 Å². The zero-order valence-electron chi connectivity index (χ0n) is 11.6. The number of urea groups is 1. The standard InChI is InChI=1S/C13H14Cl2N4O3/c1-22-18-10-5-11(12(16)20)19(6-10)13(21)17-9-3-7(14)2-8(15)4-9/h2-4,6,11,18H,5H2,1H3,(H2,16,20)(H,17,21). The van der Waals surface area contributed by atoms with E-state index >= 15 is 0 Å². The second kappa shape index (κ2) is 6.87. The van der Waals surface area contributed by atoms with Crippen molar-refractivity contribution in [2.24, 2.45) is 5.73 Å². The molecule has 0 spiro atoms. The molecule has 1 atom stereocenters. The molecule has 0 saturated carbocycles. The molecule has 1 aromatic rings. The number of nitrogens with one attached hydrogen (secondary N) is 2. The molecule has 0 saturated heterocycles. The van der Waals surface area contributed by atoms with Gasteiger partial charge in [0.25, 0.3) is 0 Å². The third-order valence-corrected chi connectivity index (χ3v) is 3.39. The van der Waals surface area contributed by atoms with E-state index < -0.39 is 18.0 Å². The zero-order chi connectivity index (χ0) is 16.3. The molecule has 118 valence electrons. The van der Waals surface area contributed by atoms with Gasteiger partial charge < -0.3 is 11.1 Å². The van der Waals surface area contributed by atoms with Crippen molar-refractivity contribution in [1.29, 1.82) is 0 Å². The predicted molar refractivity (Wildman–Crippen MR) is 83.1 cm³/mol. The van der Waals surface area contributed by atoms with Gasteiger partial charge in [-0.1, -0.05) is 23.2 Å². The topological polar surface area (TPSA) is 96.7 Å². The number of halogens is 2. The molecular formula is C13H14Cl2N4O3. The molecule has 1 unspecified atom stereocenters. The number of nitrogens with zero attached hydrogens (tertiary/aromatic N) is 1. The summed E-state index contributed by atoms with van der Waals surface area (Å²) in [5.74, 6) is -0.622. The molecule has 1 aliphatic rings. The SMILES string of the molecule is CONC1=CN(C(=O)Nc2cc(Cl)cc(Cl)c2)C(C(N)=O)C1. The fourth-order valence-electron chi connectivity index (χ4n) is 2.07. The Kier molecular flexibility index (Phi) is 5.12. The molecule has 1 aliphatic heterocycles. The van der Waals surface area contributed by atoms with E-state index in [9.17, 15) is 9.59 Å². The van der Waals surface area contributed by atoms with Crippen LogP contribution in [0.15, 0.2) is 30.1 Å². The maximum atomic E-state index is 12.3. The summed E-state index contributed by atoms with van der Waals surface area (Å²) in [7, 11) is 1.43. The van der Waals surface area contributed by atoms with Crippen LogP contribution in [-0.4, -0.2) is 30.0 Å². The number of benzene rings is 1. The van der Waals surface area contributed by atoms with E-state index in [1.807, 2.05) is 0 Å². The van der Waals surface area contributed by atoms with Gasteiger partial charge in [0, 0.05) is 28.4 Å². The number of hydrogen-bond donors (Lipinski definition) is 3. The number of hydrogen-bond acceptors (Lipinski definition) is 4. The summed E-state index contributed by atoms with van der Waals surface area (Å²) in [5, 5.41) is 3.37. The molecule has 0 aliphatic carbocycles. The van der Waals surface area contributed by atoms with E-state index in [0.717, 1.165) is 0 Å². The van der Waals surface area contributed by atoms with Crippen molar-refractivity contribution in [3.8, 4) is 0 Å². The molecule has 1 heterocycles. The van der Waals surface area contributed by atoms with Crippen LogP contribution in [0.3, 0.4) is 0 Å². The van der Waals surface area contributed by atoms with Crippen molar-refractivity contribution >= 4 is 40.8 Å². The summed E-state index contributed by atoms with van der Waals surface area (Å²) in [5.41, 5.74) is 8.88. The molecule has 2 rings (SSSR count). The lowest BCUT2D eigenvalue weighted by atomic mass is 10.2. The number of anilines is 1. The summed E-state index contributed by atoms with van der Waals surface area (Å²) < 4.78 is 0. The number of nitrogens with two attached hydrogens (primary N) is 1. The van der Waals surface area contributed by atoms with E-state index in [4.69, 9.17) is 33.8 Å². The maximum absolute atomic E-state index is 12.3. The van der Waals surface area contributed by atoms with Gasteiger partial charge in [0.2, 0.25) is 5.91 Å². The Bertz CT molecular complexity index is 615. The lowest BCUT2D eigenvalue weighted by molar-refractivity contribution is -0.121. The van der Waals surface area contributed by atoms with Crippen molar-refractivity contribution in [2.45, 2.75) is 12.5 Å². The summed E-state index contributed by atoms with van der Waals surface area (Å²) in [4.78, 5) is 29.8. The molecule has 7 nitrogen and oxygen atoms in total. The molecular weight excluding hydrogens is 331 g/mol. The minimum absolute atomic E-state index is 0.243. The van der Waals surface area contributed by atoms with E-state index in [2.05, 4.69) is 10.8 Å². The Balaban J connectivity index is 2.17. The molecule has 9 heteroatoms. The smallest absolute Gasteiger partial charge is 0.326 e. The first kappa shape index (κ1) is 16.4. The number of primary amides is 1. The van der Waals surface area contributed by atoms with Crippen molar-refractivity contribution in [3.63, 3.8) is 0 Å². The van der Waals surface area contributed by atoms with Crippen LogP contribution in [0.1, 0.15) is 6.42 Å². The largest absolute Gasteiger partial charge is 0.368 e. The Hall–Kier alpha value is -1.96. The first-order valence-electron chi connectivity index (χ1n) is 6.25. The fourth-order valence-corrected chi connectivity index (χ4v) is 2.59. The summed E-state index contributed by atoms with van der Waals surface area (Å²) in [6, 6.07) is 3.29. The zero-order valence-corrected chi connectivity index (χ0v) is 13.1. The van der Waals surface area contributed by atoms with Gasteiger partial charge in [-0.3, -0.25) is 20.0 Å². The Labute approximate surface area is 136 Å². The fraction of sp³-hybridized carbons (Fsp3) is 0.231. The van der Waals surface area contributed by atoms with E-state index in [-0.39, 0.29) is 6.42 Å². The van der Waals surface area contributed by atoms with Crippen molar-refractivity contribution in [1.82, 2.24) is 10.4 Å². The van der Waals surface area contributed by atoms with Gasteiger partial charge in [0.15, 0.2) is 0 Å². The van der Waals surface area contributed by atoms with Gasteiger partial charge in [0.1, 0.15) is 6.04 Å². The number of rotatable bonds is 4. The van der Waals surface area contributed by atoms with Gasteiger partial charge >= 0.3 is 6.03 Å². The van der Waals surface area contributed by atoms with Crippen molar-refractivity contribution in [2.75, 3.05) is 12.4 Å². The van der Waals surface area contributed by atoms with Crippen LogP contribution < -0.4 is 16.5 Å². The molecule has 22 heavy (non-hydrogen) atoms. The van der Waals surface area contributed by atoms with Gasteiger partial charge in [-0.25, -0.2) is 4.79 Å². The second-order valence-electron chi connectivity index (χ2n) is 4.58. The van der Waals surface area contributed by atoms with Crippen LogP contribution in [0.5, 0.6) is 0 Å². The van der Waals surface area contributed by atoms with E-state index in [1.165, 1.54) is 18.2 Å². The number of hydroxylamine groups is 1. The predicted octanol–water partition coefficient (Wildman–Crippen LogP) is 2.08. The summed E-state index contributed by atoms with van der Waals surface area (Å²) in [6.07, 6.45) is 1.70. The molecule has 1 aromatic carbocycles. The van der Waals surface area contributed by atoms with Gasteiger partial charge in [-0.2, -0.15) is 0 Å². The highest BCUT2D eigenvalue weighted by Crippen LogP contribution is 2.25. The molecule has 0 aromatic heterocycles. The van der Waals surface area contributed by atoms with E-state index in [1.54, 1.807) is 18.2 Å². The Morgan fingerprint density at radius 1 is 1.32 bits per heavy atom. The van der Waals surface area contributed by atoms with Crippen LogP contribution >= 0.6 is 23.2 Å². The van der Waals surface area contributed by atoms with Gasteiger partial charge in [-0.05, 0) is 18.2 Å². The second-order valence-corrected chi connectivity index (χ2v) is 5.45. The van der Waals surface area contributed by atoms with E-state index in [0.29, 0.717) is 21.4 Å². The molecule has 4 N–H and O–H groups in total. The van der Waals surface area contributed by atoms with Crippen LogP contribution in [-0.2, 0) is 9.63 Å². The van der Waals surface area contributed by atoms with Gasteiger partial charge in [0.05, 0.1) is 12.8 Å². The first-order chi connectivity index (χ1) is 10.4. The maximum Gasteiger partial charge on any atom is 0.326 e. The van der Waals surface area contributed by atoms with Crippen molar-refractivity contribution < 1.29 is 14.4 Å². The van der Waals surface area contributed by atoms with Crippen molar-refractivity contribution in [3.05, 3.63) is 40.1 Å².